The van der Waals surface area contributed by atoms with E-state index in [-0.39, 0.29) is 5.69 Å². The molecule has 1 unspecified atom stereocenters. The number of anilines is 1. The number of nitrogens with one attached hydrogen (secondary N) is 1. The molecule has 1 N–H and O–H groups in total. The first kappa shape index (κ1) is 10.0. The van der Waals surface area contributed by atoms with Crippen LogP contribution in [0.25, 0.3) is 0 Å². The highest BCUT2D eigenvalue weighted by Gasteiger charge is 2.43. The quantitative estimate of drug-likeness (QED) is 0.720. The highest BCUT2D eigenvalue weighted by molar-refractivity contribution is 6.03. The normalized spacial score (nSPS) is 20.7. The summed E-state index contributed by atoms with van der Waals surface area (Å²) in [4.78, 5) is 11.4. The largest absolute Gasteiger partial charge is 0.408 e. The number of carbonyl (C=O) groups excluding carboxylic acids is 1. The summed E-state index contributed by atoms with van der Waals surface area (Å²) >= 11 is 0. The molecule has 0 saturated carbocycles. The van der Waals surface area contributed by atoms with Gasteiger partial charge in [-0.2, -0.15) is 13.2 Å². The molecular formula is C10H8F3NO. The highest BCUT2D eigenvalue weighted by atomic mass is 19.4. The molecule has 1 aromatic rings. The fourth-order valence-corrected chi connectivity index (χ4v) is 1.58. The summed E-state index contributed by atoms with van der Waals surface area (Å²) in [5.41, 5.74) is 0.592. The molecule has 0 saturated heterocycles. The Morgan fingerprint density at radius 1 is 1.27 bits per heavy atom. The van der Waals surface area contributed by atoms with Crippen molar-refractivity contribution >= 4 is 11.5 Å². The van der Waals surface area contributed by atoms with E-state index in [4.69, 9.17) is 0 Å². The number of alkyl halides is 3. The smallest absolute Gasteiger partial charge is 0.373 e. The Morgan fingerprint density at radius 3 is 2.60 bits per heavy atom. The van der Waals surface area contributed by atoms with E-state index >= 15 is 0 Å². The van der Waals surface area contributed by atoms with Crippen LogP contribution in [0.3, 0.4) is 0 Å². The van der Waals surface area contributed by atoms with Gasteiger partial charge in [-0.25, -0.2) is 0 Å². The molecule has 0 aliphatic carbocycles. The molecule has 80 valence electrons. The summed E-state index contributed by atoms with van der Waals surface area (Å²) in [6, 6.07) is 4.46. The van der Waals surface area contributed by atoms with Crippen molar-refractivity contribution in [2.45, 2.75) is 18.6 Å². The lowest BCUT2D eigenvalue weighted by molar-refractivity contribution is -0.142. The van der Waals surface area contributed by atoms with Crippen LogP contribution in [0, 0.1) is 0 Å². The van der Waals surface area contributed by atoms with Gasteiger partial charge in [-0.05, 0) is 12.1 Å². The summed E-state index contributed by atoms with van der Waals surface area (Å²) in [5.74, 6) is -0.466. The van der Waals surface area contributed by atoms with Gasteiger partial charge in [0, 0.05) is 17.7 Å². The minimum atomic E-state index is -4.39. The van der Waals surface area contributed by atoms with Gasteiger partial charge in [0.15, 0.2) is 5.78 Å². The van der Waals surface area contributed by atoms with Gasteiger partial charge >= 0.3 is 6.18 Å². The molecule has 0 spiro atoms. The molecule has 2 nitrogen and oxygen atoms in total. The van der Waals surface area contributed by atoms with E-state index in [2.05, 4.69) is 5.32 Å². The van der Waals surface area contributed by atoms with Gasteiger partial charge in [0.05, 0.1) is 0 Å². The fraction of sp³-hybridized carbons (Fsp3) is 0.300. The monoisotopic (exact) mass is 215 g/mol. The topological polar surface area (TPSA) is 29.1 Å². The fourth-order valence-electron chi connectivity index (χ4n) is 1.58. The Bertz CT molecular complexity index is 400. The molecule has 1 atom stereocenters. The summed E-state index contributed by atoms with van der Waals surface area (Å²) < 4.78 is 37.2. The van der Waals surface area contributed by atoms with Gasteiger partial charge in [-0.15, -0.1) is 0 Å². The molecule has 1 heterocycles. The van der Waals surface area contributed by atoms with Crippen molar-refractivity contribution in [2.75, 3.05) is 5.32 Å². The third-order valence-corrected chi connectivity index (χ3v) is 2.34. The van der Waals surface area contributed by atoms with E-state index in [1.54, 1.807) is 12.1 Å². The molecule has 2 rings (SSSR count). The summed E-state index contributed by atoms with van der Waals surface area (Å²) in [7, 11) is 0. The molecule has 1 aliphatic heterocycles. The first-order valence-corrected chi connectivity index (χ1v) is 4.44. The lowest BCUT2D eigenvalue weighted by Crippen LogP contribution is -2.41. The van der Waals surface area contributed by atoms with E-state index < -0.39 is 24.4 Å². The number of Topliss-reactive ketones (excluding diaryl/α,β-unsaturated/α-hetero) is 1. The van der Waals surface area contributed by atoms with Crippen LogP contribution in [0.1, 0.15) is 16.8 Å². The number of carbonyl (C=O) groups is 1. The van der Waals surface area contributed by atoms with Gasteiger partial charge in [0.25, 0.3) is 0 Å². The van der Waals surface area contributed by atoms with Crippen molar-refractivity contribution < 1.29 is 18.0 Å². The van der Waals surface area contributed by atoms with Crippen LogP contribution >= 0.6 is 0 Å². The van der Waals surface area contributed by atoms with Gasteiger partial charge in [-0.1, -0.05) is 12.1 Å². The Balaban J connectivity index is 2.35. The summed E-state index contributed by atoms with van der Waals surface area (Å²) in [6.07, 6.45) is -4.91. The van der Waals surface area contributed by atoms with Crippen molar-refractivity contribution in [3.8, 4) is 0 Å². The first-order chi connectivity index (χ1) is 6.98. The van der Waals surface area contributed by atoms with E-state index in [0.717, 1.165) is 0 Å². The third kappa shape index (κ3) is 1.82. The molecule has 0 aromatic heterocycles. The average Bonchev–Trinajstić information content (AvgIpc) is 2.16. The molecule has 1 aromatic carbocycles. The second-order valence-corrected chi connectivity index (χ2v) is 3.41. The van der Waals surface area contributed by atoms with Crippen LogP contribution in [0.2, 0.25) is 0 Å². The number of rotatable bonds is 0. The van der Waals surface area contributed by atoms with Crippen molar-refractivity contribution in [3.05, 3.63) is 29.8 Å². The number of hydrogen-bond acceptors (Lipinski definition) is 2. The number of ketones is 1. The van der Waals surface area contributed by atoms with Crippen LogP contribution in [0.4, 0.5) is 18.9 Å². The zero-order valence-electron chi connectivity index (χ0n) is 7.64. The predicted molar refractivity (Wildman–Crippen MR) is 48.9 cm³/mol. The van der Waals surface area contributed by atoms with Gasteiger partial charge in [-0.3, -0.25) is 4.79 Å². The lowest BCUT2D eigenvalue weighted by Gasteiger charge is -2.27. The van der Waals surface area contributed by atoms with Crippen LogP contribution in [0.5, 0.6) is 0 Å². The van der Waals surface area contributed by atoms with Gasteiger partial charge in [0.2, 0.25) is 0 Å². The molecule has 5 heteroatoms. The first-order valence-electron chi connectivity index (χ1n) is 4.44. The standard InChI is InChI=1S/C10H8F3NO/c11-10(12,13)9-5-8(15)6-3-1-2-4-7(6)14-9/h1-4,9,14H,5H2. The van der Waals surface area contributed by atoms with Crippen LogP contribution in [0.15, 0.2) is 24.3 Å². The molecule has 0 fully saturated rings. The number of halogens is 3. The lowest BCUT2D eigenvalue weighted by atomic mass is 9.96. The highest BCUT2D eigenvalue weighted by Crippen LogP contribution is 2.32. The van der Waals surface area contributed by atoms with Crippen molar-refractivity contribution in [2.24, 2.45) is 0 Å². The summed E-state index contributed by atoms with van der Waals surface area (Å²) in [5, 5.41) is 2.32. The summed E-state index contributed by atoms with van der Waals surface area (Å²) in [6.45, 7) is 0. The minimum Gasteiger partial charge on any atom is -0.373 e. The molecule has 0 bridgehead atoms. The number of hydrogen-bond donors (Lipinski definition) is 1. The molecule has 1 aliphatic rings. The Kier molecular flexibility index (Phi) is 2.17. The number of fused-ring (bicyclic) bond motifs is 1. The average molecular weight is 215 g/mol. The molecule has 15 heavy (non-hydrogen) atoms. The van der Waals surface area contributed by atoms with E-state index in [1.807, 2.05) is 0 Å². The predicted octanol–water partition coefficient (Wildman–Crippen LogP) is 2.62. The third-order valence-electron chi connectivity index (χ3n) is 2.34. The maximum absolute atomic E-state index is 12.4. The van der Waals surface area contributed by atoms with Crippen molar-refractivity contribution in [3.63, 3.8) is 0 Å². The SMILES string of the molecule is O=C1CC(C(F)(F)F)Nc2ccccc21. The zero-order valence-corrected chi connectivity index (χ0v) is 7.64. The van der Waals surface area contributed by atoms with Crippen molar-refractivity contribution in [1.82, 2.24) is 0 Å². The number of benzene rings is 1. The Morgan fingerprint density at radius 2 is 1.93 bits per heavy atom. The maximum Gasteiger partial charge on any atom is 0.408 e. The van der Waals surface area contributed by atoms with E-state index in [1.165, 1.54) is 12.1 Å². The van der Waals surface area contributed by atoms with Crippen molar-refractivity contribution in [1.29, 1.82) is 0 Å². The van der Waals surface area contributed by atoms with E-state index in [9.17, 15) is 18.0 Å². The van der Waals surface area contributed by atoms with Crippen LogP contribution in [-0.4, -0.2) is 18.0 Å². The molecular weight excluding hydrogens is 207 g/mol. The molecule has 0 amide bonds. The minimum absolute atomic E-state index is 0.260. The zero-order chi connectivity index (χ0) is 11.1. The molecule has 0 radical (unpaired) electrons. The Labute approximate surface area is 84.1 Å². The second-order valence-electron chi connectivity index (χ2n) is 3.41. The Hall–Kier alpha value is -1.52. The van der Waals surface area contributed by atoms with Crippen LogP contribution < -0.4 is 5.32 Å². The maximum atomic E-state index is 12.4. The van der Waals surface area contributed by atoms with Crippen LogP contribution in [-0.2, 0) is 0 Å². The second kappa shape index (κ2) is 3.25. The van der Waals surface area contributed by atoms with Gasteiger partial charge < -0.3 is 5.32 Å². The van der Waals surface area contributed by atoms with E-state index in [0.29, 0.717) is 5.56 Å². The number of para-hydroxylation sites is 1. The van der Waals surface area contributed by atoms with Gasteiger partial charge in [0.1, 0.15) is 6.04 Å².